The van der Waals surface area contributed by atoms with Gasteiger partial charge in [-0.15, -0.1) is 0 Å². The molecule has 0 unspecified atom stereocenters. The predicted molar refractivity (Wildman–Crippen MR) is 118 cm³/mol. The number of halogens is 2. The minimum atomic E-state index is -0.599. The number of aryl methyl sites for hydroxylation is 1. The number of rotatable bonds is 5. The van der Waals surface area contributed by atoms with E-state index in [-0.39, 0.29) is 10.7 Å². The van der Waals surface area contributed by atoms with Crippen LogP contribution in [0.5, 0.6) is 11.5 Å². The van der Waals surface area contributed by atoms with Gasteiger partial charge in [-0.05, 0) is 61.0 Å². The Morgan fingerprint density at radius 3 is 2.20 bits per heavy atom. The molecule has 0 bridgehead atoms. The van der Waals surface area contributed by atoms with Gasteiger partial charge in [0, 0.05) is 10.7 Å². The van der Waals surface area contributed by atoms with Crippen molar-refractivity contribution in [1.82, 2.24) is 0 Å². The van der Waals surface area contributed by atoms with Gasteiger partial charge in [0.05, 0.1) is 5.69 Å². The predicted octanol–water partition coefficient (Wildman–Crippen LogP) is 5.88. The molecule has 0 atom stereocenters. The topological polar surface area (TPSA) is 58.6 Å². The van der Waals surface area contributed by atoms with Crippen molar-refractivity contribution < 1.29 is 14.3 Å². The quantitative estimate of drug-likeness (QED) is 0.505. The lowest BCUT2D eigenvalue weighted by Gasteiger charge is -2.17. The lowest BCUT2D eigenvalue weighted by atomic mass is 10.2. The molecule has 3 aromatic carbocycles. The second-order valence-corrected chi connectivity index (χ2v) is 7.44. The molecule has 0 saturated carbocycles. The molecular formula is C23H16Cl2N2O3. The SMILES string of the molecule is Cc1ccc(Cl)cc1N1C(=O)C(Cl)=C(Nc2ccc(Oc3ccccc3)cc2)C1=O. The van der Waals surface area contributed by atoms with Gasteiger partial charge in [0.25, 0.3) is 11.8 Å². The van der Waals surface area contributed by atoms with E-state index < -0.39 is 11.8 Å². The van der Waals surface area contributed by atoms with Crippen molar-refractivity contribution in [2.45, 2.75) is 6.92 Å². The average molecular weight is 439 g/mol. The van der Waals surface area contributed by atoms with Crippen LogP contribution >= 0.6 is 23.2 Å². The molecule has 0 saturated heterocycles. The Morgan fingerprint density at radius 2 is 1.50 bits per heavy atom. The fourth-order valence-electron chi connectivity index (χ4n) is 3.03. The molecule has 0 aromatic heterocycles. The molecule has 7 heteroatoms. The zero-order valence-corrected chi connectivity index (χ0v) is 17.4. The first kappa shape index (κ1) is 20.0. The minimum absolute atomic E-state index is 0.0118. The Morgan fingerprint density at radius 1 is 0.833 bits per heavy atom. The summed E-state index contributed by atoms with van der Waals surface area (Å²) in [7, 11) is 0. The van der Waals surface area contributed by atoms with Gasteiger partial charge < -0.3 is 10.1 Å². The Kier molecular flexibility index (Phi) is 5.48. The van der Waals surface area contributed by atoms with Gasteiger partial charge in [0.15, 0.2) is 0 Å². The lowest BCUT2D eigenvalue weighted by Crippen LogP contribution is -2.32. The summed E-state index contributed by atoms with van der Waals surface area (Å²) in [5, 5.41) is 3.19. The van der Waals surface area contributed by atoms with Crippen molar-refractivity contribution in [2.75, 3.05) is 10.2 Å². The normalized spacial score (nSPS) is 13.8. The number of amides is 2. The summed E-state index contributed by atoms with van der Waals surface area (Å²) >= 11 is 12.2. The van der Waals surface area contributed by atoms with E-state index in [1.165, 1.54) is 0 Å². The smallest absolute Gasteiger partial charge is 0.283 e. The van der Waals surface area contributed by atoms with Crippen LogP contribution in [0.25, 0.3) is 0 Å². The standard InChI is InChI=1S/C23H16Cl2N2O3/c1-14-7-8-15(24)13-19(14)27-22(28)20(25)21(23(27)29)26-16-9-11-18(12-10-16)30-17-5-3-2-4-6-17/h2-13,26H,1H3. The summed E-state index contributed by atoms with van der Waals surface area (Å²) < 4.78 is 5.75. The Hall–Kier alpha value is -3.28. The molecule has 150 valence electrons. The number of para-hydroxylation sites is 1. The van der Waals surface area contributed by atoms with E-state index in [2.05, 4.69) is 5.32 Å². The van der Waals surface area contributed by atoms with E-state index in [1.54, 1.807) is 49.4 Å². The maximum atomic E-state index is 12.9. The van der Waals surface area contributed by atoms with Crippen LogP contribution < -0.4 is 15.0 Å². The molecule has 3 aromatic rings. The van der Waals surface area contributed by atoms with Crippen LogP contribution in [0.3, 0.4) is 0 Å². The molecule has 5 nitrogen and oxygen atoms in total. The van der Waals surface area contributed by atoms with Crippen LogP contribution in [0.15, 0.2) is 83.5 Å². The number of carbonyl (C=O) groups excluding carboxylic acids is 2. The highest BCUT2D eigenvalue weighted by Crippen LogP contribution is 2.33. The van der Waals surface area contributed by atoms with Crippen LogP contribution in [0, 0.1) is 6.92 Å². The summed E-state index contributed by atoms with van der Waals surface area (Å²) in [5.41, 5.74) is 1.74. The fourth-order valence-corrected chi connectivity index (χ4v) is 3.41. The fraction of sp³-hybridized carbons (Fsp3) is 0.0435. The molecule has 1 aliphatic heterocycles. The maximum absolute atomic E-state index is 12.9. The van der Waals surface area contributed by atoms with Crippen molar-refractivity contribution in [3.8, 4) is 11.5 Å². The Labute approximate surface area is 183 Å². The van der Waals surface area contributed by atoms with Crippen molar-refractivity contribution in [2.24, 2.45) is 0 Å². The van der Waals surface area contributed by atoms with Crippen molar-refractivity contribution >= 4 is 46.4 Å². The van der Waals surface area contributed by atoms with Crippen LogP contribution in [-0.4, -0.2) is 11.8 Å². The Balaban J connectivity index is 1.53. The molecule has 0 fully saturated rings. The van der Waals surface area contributed by atoms with Gasteiger partial charge in [-0.3, -0.25) is 9.59 Å². The second kappa shape index (κ2) is 8.22. The van der Waals surface area contributed by atoms with E-state index in [0.29, 0.717) is 27.9 Å². The third-order valence-corrected chi connectivity index (χ3v) is 5.13. The van der Waals surface area contributed by atoms with Gasteiger partial charge in [-0.1, -0.05) is 47.5 Å². The molecular weight excluding hydrogens is 423 g/mol. The number of ether oxygens (including phenoxy) is 1. The van der Waals surface area contributed by atoms with E-state index in [1.807, 2.05) is 30.3 Å². The summed E-state index contributed by atoms with van der Waals surface area (Å²) in [6.45, 7) is 1.79. The van der Waals surface area contributed by atoms with Crippen molar-refractivity contribution in [3.05, 3.63) is 94.1 Å². The molecule has 4 rings (SSSR count). The number of imide groups is 1. The molecule has 2 amide bonds. The molecule has 0 radical (unpaired) electrons. The monoisotopic (exact) mass is 438 g/mol. The van der Waals surface area contributed by atoms with E-state index in [9.17, 15) is 9.59 Å². The first-order chi connectivity index (χ1) is 14.4. The molecule has 1 aliphatic rings. The zero-order valence-electron chi connectivity index (χ0n) is 15.9. The summed E-state index contributed by atoms with van der Waals surface area (Å²) in [6.07, 6.45) is 0. The summed E-state index contributed by atoms with van der Waals surface area (Å²) in [6, 6.07) is 21.4. The molecule has 1 heterocycles. The second-order valence-electron chi connectivity index (χ2n) is 6.63. The third kappa shape index (κ3) is 3.90. The van der Waals surface area contributed by atoms with Crippen LogP contribution in [0.4, 0.5) is 11.4 Å². The molecule has 0 aliphatic carbocycles. The average Bonchev–Trinajstić information content (AvgIpc) is 2.95. The highest BCUT2D eigenvalue weighted by molar-refractivity contribution is 6.53. The highest BCUT2D eigenvalue weighted by Gasteiger charge is 2.39. The van der Waals surface area contributed by atoms with Gasteiger partial charge in [0.1, 0.15) is 22.2 Å². The van der Waals surface area contributed by atoms with E-state index in [0.717, 1.165) is 10.5 Å². The number of carbonyl (C=O) groups is 2. The molecule has 30 heavy (non-hydrogen) atoms. The van der Waals surface area contributed by atoms with Crippen LogP contribution in [0.2, 0.25) is 5.02 Å². The van der Waals surface area contributed by atoms with Crippen LogP contribution in [-0.2, 0) is 9.59 Å². The Bertz CT molecular complexity index is 1160. The lowest BCUT2D eigenvalue weighted by molar-refractivity contribution is -0.120. The third-order valence-electron chi connectivity index (χ3n) is 4.54. The number of nitrogens with one attached hydrogen (secondary N) is 1. The van der Waals surface area contributed by atoms with Gasteiger partial charge in [-0.25, -0.2) is 4.90 Å². The summed E-state index contributed by atoms with van der Waals surface area (Å²) in [4.78, 5) is 26.6. The molecule has 1 N–H and O–H groups in total. The number of nitrogens with zero attached hydrogens (tertiary/aromatic N) is 1. The van der Waals surface area contributed by atoms with Gasteiger partial charge in [-0.2, -0.15) is 0 Å². The van der Waals surface area contributed by atoms with Gasteiger partial charge in [0.2, 0.25) is 0 Å². The van der Waals surface area contributed by atoms with E-state index in [4.69, 9.17) is 27.9 Å². The van der Waals surface area contributed by atoms with Crippen molar-refractivity contribution in [3.63, 3.8) is 0 Å². The van der Waals surface area contributed by atoms with E-state index >= 15 is 0 Å². The van der Waals surface area contributed by atoms with Gasteiger partial charge >= 0.3 is 0 Å². The zero-order chi connectivity index (χ0) is 21.3. The van der Waals surface area contributed by atoms with Crippen molar-refractivity contribution in [1.29, 1.82) is 0 Å². The van der Waals surface area contributed by atoms with Crippen LogP contribution in [0.1, 0.15) is 5.56 Å². The molecule has 0 spiro atoms. The number of benzene rings is 3. The first-order valence-electron chi connectivity index (χ1n) is 9.09. The summed E-state index contributed by atoms with van der Waals surface area (Å²) in [5.74, 6) is 0.212. The maximum Gasteiger partial charge on any atom is 0.283 e. The number of hydrogen-bond acceptors (Lipinski definition) is 4. The minimum Gasteiger partial charge on any atom is -0.457 e. The largest absolute Gasteiger partial charge is 0.457 e. The number of hydrogen-bond donors (Lipinski definition) is 1. The highest BCUT2D eigenvalue weighted by atomic mass is 35.5. The first-order valence-corrected chi connectivity index (χ1v) is 9.84. The number of anilines is 2.